The van der Waals surface area contributed by atoms with E-state index in [1.54, 1.807) is 18.9 Å². The van der Waals surface area contributed by atoms with Crippen LogP contribution in [0.1, 0.15) is 36.6 Å². The van der Waals surface area contributed by atoms with Gasteiger partial charge in [0.1, 0.15) is 5.75 Å². The van der Waals surface area contributed by atoms with Crippen LogP contribution in [0.4, 0.5) is 5.69 Å². The number of halogens is 1. The SMILES string of the molecule is COc1cccc(C2SC(CC(=O)OC(C)C)C(=S)Nc3ccc(Cl)cc32)c1. The quantitative estimate of drug-likeness (QED) is 0.484. The van der Waals surface area contributed by atoms with Crippen LogP contribution in [0.3, 0.4) is 0 Å². The number of anilines is 1. The van der Waals surface area contributed by atoms with E-state index in [0.29, 0.717) is 10.0 Å². The van der Waals surface area contributed by atoms with E-state index in [1.165, 1.54) is 0 Å². The topological polar surface area (TPSA) is 47.6 Å². The van der Waals surface area contributed by atoms with Gasteiger partial charge in [0.05, 0.1) is 35.1 Å². The molecule has 1 heterocycles. The maximum Gasteiger partial charge on any atom is 0.307 e. The van der Waals surface area contributed by atoms with Gasteiger partial charge in [0.2, 0.25) is 0 Å². The Morgan fingerprint density at radius 1 is 1.29 bits per heavy atom. The molecule has 0 radical (unpaired) electrons. The Morgan fingerprint density at radius 2 is 2.07 bits per heavy atom. The lowest BCUT2D eigenvalue weighted by molar-refractivity contribution is -0.147. The van der Waals surface area contributed by atoms with Crippen molar-refractivity contribution in [3.05, 3.63) is 58.6 Å². The van der Waals surface area contributed by atoms with Gasteiger partial charge in [0, 0.05) is 10.7 Å². The third-order valence-corrected chi connectivity index (χ3v) is 6.56. The minimum absolute atomic E-state index is 0.0615. The number of benzene rings is 2. The molecule has 0 aliphatic carbocycles. The Hall–Kier alpha value is -1.76. The van der Waals surface area contributed by atoms with Gasteiger partial charge in [0.25, 0.3) is 0 Å². The van der Waals surface area contributed by atoms with Crippen LogP contribution < -0.4 is 10.1 Å². The third-order valence-electron chi connectivity index (χ3n) is 4.26. The Labute approximate surface area is 179 Å². The molecule has 1 aliphatic heterocycles. The molecule has 1 N–H and O–H groups in total. The summed E-state index contributed by atoms with van der Waals surface area (Å²) in [6.07, 6.45) is 0.0478. The Kier molecular flexibility index (Phi) is 6.86. The monoisotopic (exact) mass is 435 g/mol. The zero-order valence-corrected chi connectivity index (χ0v) is 18.3. The van der Waals surface area contributed by atoms with E-state index in [-0.39, 0.29) is 29.0 Å². The normalized spacial score (nSPS) is 18.8. The van der Waals surface area contributed by atoms with Crippen molar-refractivity contribution in [2.24, 2.45) is 0 Å². The first-order valence-corrected chi connectivity index (χ1v) is 10.7. The molecule has 2 aromatic rings. The molecule has 148 valence electrons. The summed E-state index contributed by atoms with van der Waals surface area (Å²) in [7, 11) is 1.64. The summed E-state index contributed by atoms with van der Waals surface area (Å²) in [5.41, 5.74) is 2.98. The summed E-state index contributed by atoms with van der Waals surface area (Å²) < 4.78 is 10.7. The van der Waals surface area contributed by atoms with Crippen LogP contribution in [-0.4, -0.2) is 29.4 Å². The summed E-state index contributed by atoms with van der Waals surface area (Å²) in [4.78, 5) is 12.9. The molecule has 7 heteroatoms. The number of fused-ring (bicyclic) bond motifs is 1. The fourth-order valence-corrected chi connectivity index (χ4v) is 4.97. The van der Waals surface area contributed by atoms with E-state index in [4.69, 9.17) is 33.3 Å². The average Bonchev–Trinajstić information content (AvgIpc) is 2.78. The number of carbonyl (C=O) groups is 1. The minimum Gasteiger partial charge on any atom is -0.497 e. The number of rotatable bonds is 5. The van der Waals surface area contributed by atoms with E-state index >= 15 is 0 Å². The van der Waals surface area contributed by atoms with Gasteiger partial charge in [-0.2, -0.15) is 0 Å². The summed E-state index contributed by atoms with van der Waals surface area (Å²) in [6.45, 7) is 3.68. The van der Waals surface area contributed by atoms with Crippen molar-refractivity contribution in [3.8, 4) is 5.75 Å². The molecule has 3 rings (SSSR count). The number of thiocarbonyl (C=S) groups is 1. The largest absolute Gasteiger partial charge is 0.497 e. The first-order valence-electron chi connectivity index (χ1n) is 8.96. The number of ether oxygens (including phenoxy) is 2. The molecular weight excluding hydrogens is 414 g/mol. The lowest BCUT2D eigenvalue weighted by Crippen LogP contribution is -2.26. The molecule has 0 bridgehead atoms. The van der Waals surface area contributed by atoms with Gasteiger partial charge >= 0.3 is 5.97 Å². The van der Waals surface area contributed by atoms with Gasteiger partial charge in [-0.3, -0.25) is 4.79 Å². The molecule has 0 aromatic heterocycles. The minimum atomic E-state index is -0.259. The van der Waals surface area contributed by atoms with Crippen molar-refractivity contribution in [2.75, 3.05) is 12.4 Å². The number of nitrogens with one attached hydrogen (secondary N) is 1. The number of thioether (sulfide) groups is 1. The fraction of sp³-hybridized carbons (Fsp3) is 0.333. The molecule has 0 saturated heterocycles. The van der Waals surface area contributed by atoms with E-state index in [2.05, 4.69) is 5.32 Å². The third kappa shape index (κ3) is 4.99. The van der Waals surface area contributed by atoms with Crippen molar-refractivity contribution in [1.29, 1.82) is 0 Å². The summed E-state index contributed by atoms with van der Waals surface area (Å²) >= 11 is 13.5. The molecule has 2 aromatic carbocycles. The van der Waals surface area contributed by atoms with Gasteiger partial charge in [-0.05, 0) is 55.3 Å². The number of esters is 1. The first kappa shape index (κ1) is 21.0. The maximum absolute atomic E-state index is 12.3. The highest BCUT2D eigenvalue weighted by atomic mass is 35.5. The second-order valence-electron chi connectivity index (χ2n) is 6.74. The Balaban J connectivity index is 1.99. The fourth-order valence-electron chi connectivity index (χ4n) is 3.04. The van der Waals surface area contributed by atoms with Crippen molar-refractivity contribution in [3.63, 3.8) is 0 Å². The molecule has 0 saturated carbocycles. The molecule has 0 amide bonds. The van der Waals surface area contributed by atoms with Crippen LogP contribution in [-0.2, 0) is 9.53 Å². The second-order valence-corrected chi connectivity index (χ2v) is 8.93. The highest BCUT2D eigenvalue weighted by molar-refractivity contribution is 8.02. The zero-order chi connectivity index (χ0) is 20.3. The van der Waals surface area contributed by atoms with Crippen LogP contribution in [0.15, 0.2) is 42.5 Å². The van der Waals surface area contributed by atoms with Crippen molar-refractivity contribution in [2.45, 2.75) is 36.9 Å². The van der Waals surface area contributed by atoms with Gasteiger partial charge < -0.3 is 14.8 Å². The molecule has 28 heavy (non-hydrogen) atoms. The van der Waals surface area contributed by atoms with Crippen LogP contribution >= 0.6 is 35.6 Å². The molecule has 4 nitrogen and oxygen atoms in total. The van der Waals surface area contributed by atoms with Crippen LogP contribution in [0, 0.1) is 0 Å². The highest BCUT2D eigenvalue weighted by Gasteiger charge is 2.31. The molecular formula is C21H22ClNO3S2. The van der Waals surface area contributed by atoms with E-state index in [0.717, 1.165) is 22.6 Å². The van der Waals surface area contributed by atoms with Gasteiger partial charge in [-0.1, -0.05) is 36.0 Å². The van der Waals surface area contributed by atoms with Gasteiger partial charge in [0.15, 0.2) is 0 Å². The molecule has 0 spiro atoms. The molecule has 1 aliphatic rings. The zero-order valence-electron chi connectivity index (χ0n) is 15.9. The lowest BCUT2D eigenvalue weighted by atomic mass is 10.0. The smallest absolute Gasteiger partial charge is 0.307 e. The van der Waals surface area contributed by atoms with Crippen molar-refractivity contribution < 1.29 is 14.3 Å². The predicted molar refractivity (Wildman–Crippen MR) is 120 cm³/mol. The van der Waals surface area contributed by atoms with Crippen LogP contribution in [0.5, 0.6) is 5.75 Å². The molecule has 0 fully saturated rings. The summed E-state index contributed by atoms with van der Waals surface area (Å²) in [5, 5.41) is 3.67. The average molecular weight is 436 g/mol. The predicted octanol–water partition coefficient (Wildman–Crippen LogP) is 5.63. The summed E-state index contributed by atoms with van der Waals surface area (Å²) in [5.74, 6) is 0.516. The Morgan fingerprint density at radius 3 is 2.79 bits per heavy atom. The Bertz CT molecular complexity index is 888. The first-order chi connectivity index (χ1) is 13.4. The molecule has 2 unspecified atom stereocenters. The van der Waals surface area contributed by atoms with E-state index in [1.807, 2.05) is 56.3 Å². The highest BCUT2D eigenvalue weighted by Crippen LogP contribution is 2.46. The summed E-state index contributed by atoms with van der Waals surface area (Å²) in [6, 6.07) is 13.6. The number of carbonyl (C=O) groups excluding carboxylic acids is 1. The van der Waals surface area contributed by atoms with Crippen LogP contribution in [0.25, 0.3) is 0 Å². The number of methoxy groups -OCH3 is 1. The van der Waals surface area contributed by atoms with E-state index in [9.17, 15) is 4.79 Å². The second kappa shape index (κ2) is 9.16. The van der Waals surface area contributed by atoms with Crippen molar-refractivity contribution in [1.82, 2.24) is 0 Å². The van der Waals surface area contributed by atoms with Crippen LogP contribution in [0.2, 0.25) is 5.02 Å². The lowest BCUT2D eigenvalue weighted by Gasteiger charge is -2.21. The van der Waals surface area contributed by atoms with Gasteiger partial charge in [-0.15, -0.1) is 11.8 Å². The molecule has 2 atom stereocenters. The van der Waals surface area contributed by atoms with E-state index < -0.39 is 0 Å². The number of hydrogen-bond acceptors (Lipinski definition) is 5. The van der Waals surface area contributed by atoms with Crippen molar-refractivity contribution >= 4 is 52.2 Å². The number of hydrogen-bond donors (Lipinski definition) is 1. The standard InChI is InChI=1S/C21H22ClNO3S2/c1-12(2)26-19(24)11-18-21(27)23-17-8-7-14(22)10-16(17)20(28-18)13-5-4-6-15(9-13)25-3/h4-10,12,18,20H,11H2,1-3H3,(H,23,27). The van der Waals surface area contributed by atoms with Gasteiger partial charge in [-0.25, -0.2) is 0 Å². The maximum atomic E-state index is 12.3.